The van der Waals surface area contributed by atoms with Gasteiger partial charge in [-0.2, -0.15) is 10.5 Å². The lowest BCUT2D eigenvalue weighted by Crippen LogP contribution is -2.07. The maximum absolute atomic E-state index is 9.83. The summed E-state index contributed by atoms with van der Waals surface area (Å²) in [5, 5.41) is 28.3. The minimum Gasteiger partial charge on any atom is -0.491 e. The lowest BCUT2D eigenvalue weighted by atomic mass is 9.93. The van der Waals surface area contributed by atoms with Crippen LogP contribution in [0.2, 0.25) is 0 Å². The fourth-order valence-electron chi connectivity index (χ4n) is 3.05. The highest BCUT2D eigenvalue weighted by atomic mass is 16.5. The minimum atomic E-state index is -0.0832. The molecule has 144 valence electrons. The number of pyridine rings is 2. The average molecular weight is 385 g/mol. The van der Waals surface area contributed by atoms with Crippen LogP contribution in [0.25, 0.3) is 11.1 Å². The zero-order chi connectivity index (χ0) is 20.6. The molecule has 0 spiro atoms. The minimum absolute atomic E-state index is 0.0832. The van der Waals surface area contributed by atoms with Gasteiger partial charge in [0.1, 0.15) is 35.9 Å². The molecule has 0 atom stereocenters. The normalized spacial score (nSPS) is 10.2. The van der Waals surface area contributed by atoms with E-state index in [1.54, 1.807) is 36.7 Å². The molecule has 0 aliphatic carbocycles. The van der Waals surface area contributed by atoms with Gasteiger partial charge >= 0.3 is 0 Å². The molecule has 0 saturated carbocycles. The number of ether oxygens (including phenoxy) is 1. The second-order valence-electron chi connectivity index (χ2n) is 6.25. The van der Waals surface area contributed by atoms with E-state index in [0.29, 0.717) is 41.0 Å². The van der Waals surface area contributed by atoms with Crippen molar-refractivity contribution in [1.29, 1.82) is 10.5 Å². The molecule has 0 radical (unpaired) electrons. The van der Waals surface area contributed by atoms with Crippen LogP contribution in [0.4, 0.5) is 5.82 Å². The Hall–Kier alpha value is -3.94. The van der Waals surface area contributed by atoms with E-state index < -0.39 is 0 Å². The monoisotopic (exact) mass is 385 g/mol. The van der Waals surface area contributed by atoms with Gasteiger partial charge in [0.25, 0.3) is 0 Å². The van der Waals surface area contributed by atoms with Crippen LogP contribution >= 0.6 is 0 Å². The summed E-state index contributed by atoms with van der Waals surface area (Å²) in [7, 11) is 0. The summed E-state index contributed by atoms with van der Waals surface area (Å²) >= 11 is 0. The van der Waals surface area contributed by atoms with E-state index in [9.17, 15) is 10.5 Å². The van der Waals surface area contributed by atoms with Crippen molar-refractivity contribution in [2.24, 2.45) is 0 Å². The summed E-state index contributed by atoms with van der Waals surface area (Å²) < 4.78 is 5.37. The van der Waals surface area contributed by atoms with Gasteiger partial charge in [0.15, 0.2) is 0 Å². The molecular weight excluding hydrogens is 366 g/mol. The lowest BCUT2D eigenvalue weighted by molar-refractivity contribution is 0.201. The number of aliphatic hydroxyl groups is 1. The molecule has 3 rings (SSSR count). The summed E-state index contributed by atoms with van der Waals surface area (Å²) in [5.41, 5.74) is 9.27. The molecule has 2 aromatic heterocycles. The summed E-state index contributed by atoms with van der Waals surface area (Å²) in [4.78, 5) is 8.43. The SMILES string of the molecule is N#Cc1c(N)nc(CCc2cccnc2)c(C#N)c1-c1ccc(OCCO)cc1. The van der Waals surface area contributed by atoms with Crippen molar-refractivity contribution < 1.29 is 9.84 Å². The number of nitriles is 2. The topological polar surface area (TPSA) is 129 Å². The molecule has 0 bridgehead atoms. The Balaban J connectivity index is 2.02. The molecule has 7 nitrogen and oxygen atoms in total. The maximum atomic E-state index is 9.83. The van der Waals surface area contributed by atoms with Crippen LogP contribution < -0.4 is 10.5 Å². The molecule has 0 fully saturated rings. The van der Waals surface area contributed by atoms with Gasteiger partial charge in [-0.05, 0) is 42.2 Å². The summed E-state index contributed by atoms with van der Waals surface area (Å²) in [6, 6.07) is 15.0. The van der Waals surface area contributed by atoms with Gasteiger partial charge in [0, 0.05) is 18.0 Å². The zero-order valence-electron chi connectivity index (χ0n) is 15.7. The number of hydrogen-bond acceptors (Lipinski definition) is 7. The number of nitrogens with two attached hydrogens (primary N) is 1. The van der Waals surface area contributed by atoms with Crippen molar-refractivity contribution in [2.75, 3.05) is 18.9 Å². The fraction of sp³-hybridized carbons (Fsp3) is 0.182. The van der Waals surface area contributed by atoms with E-state index in [0.717, 1.165) is 5.56 Å². The quantitative estimate of drug-likeness (QED) is 0.639. The van der Waals surface area contributed by atoms with Gasteiger partial charge in [-0.3, -0.25) is 4.98 Å². The summed E-state index contributed by atoms with van der Waals surface area (Å²) in [6.07, 6.45) is 4.61. The van der Waals surface area contributed by atoms with Crippen molar-refractivity contribution in [1.82, 2.24) is 9.97 Å². The Labute approximate surface area is 168 Å². The number of rotatable bonds is 7. The van der Waals surface area contributed by atoms with E-state index in [2.05, 4.69) is 22.1 Å². The van der Waals surface area contributed by atoms with Gasteiger partial charge in [-0.1, -0.05) is 18.2 Å². The summed E-state index contributed by atoms with van der Waals surface area (Å²) in [5.74, 6) is 0.682. The fourth-order valence-corrected chi connectivity index (χ4v) is 3.05. The first-order valence-corrected chi connectivity index (χ1v) is 9.03. The first-order chi connectivity index (χ1) is 14.2. The second kappa shape index (κ2) is 9.32. The van der Waals surface area contributed by atoms with Crippen LogP contribution in [-0.4, -0.2) is 28.3 Å². The third kappa shape index (κ3) is 4.49. The third-order valence-corrected chi connectivity index (χ3v) is 4.40. The van der Waals surface area contributed by atoms with Crippen molar-refractivity contribution in [3.05, 3.63) is 71.2 Å². The standard InChI is InChI=1S/C22H19N5O2/c23-12-18-20(8-3-15-2-1-9-26-14-15)27-22(25)19(13-24)21(18)16-4-6-17(7-5-16)29-11-10-28/h1-2,4-7,9,14,28H,3,8,10-11H2,(H2,25,27). The van der Waals surface area contributed by atoms with Crippen LogP contribution in [0.5, 0.6) is 5.75 Å². The van der Waals surface area contributed by atoms with Gasteiger partial charge in [-0.25, -0.2) is 4.98 Å². The van der Waals surface area contributed by atoms with Crippen LogP contribution in [0.1, 0.15) is 22.4 Å². The third-order valence-electron chi connectivity index (χ3n) is 4.40. The molecule has 2 heterocycles. The molecule has 0 saturated heterocycles. The highest BCUT2D eigenvalue weighted by Crippen LogP contribution is 2.33. The van der Waals surface area contributed by atoms with Crippen molar-refractivity contribution >= 4 is 5.82 Å². The number of nitrogen functional groups attached to an aromatic ring is 1. The Bertz CT molecular complexity index is 1070. The molecule has 0 aliphatic rings. The van der Waals surface area contributed by atoms with Crippen LogP contribution in [-0.2, 0) is 12.8 Å². The Morgan fingerprint density at radius 3 is 2.41 bits per heavy atom. The number of aromatic nitrogens is 2. The van der Waals surface area contributed by atoms with Crippen molar-refractivity contribution in [3.63, 3.8) is 0 Å². The van der Waals surface area contributed by atoms with Crippen LogP contribution in [0, 0.1) is 22.7 Å². The Kier molecular flexibility index (Phi) is 6.36. The largest absolute Gasteiger partial charge is 0.491 e. The van der Waals surface area contributed by atoms with E-state index in [-0.39, 0.29) is 24.6 Å². The van der Waals surface area contributed by atoms with Crippen molar-refractivity contribution in [3.8, 4) is 29.0 Å². The molecule has 3 N–H and O–H groups in total. The Morgan fingerprint density at radius 1 is 1.03 bits per heavy atom. The Morgan fingerprint density at radius 2 is 1.79 bits per heavy atom. The van der Waals surface area contributed by atoms with Gasteiger partial charge in [0.2, 0.25) is 0 Å². The van der Waals surface area contributed by atoms with E-state index in [1.165, 1.54) is 0 Å². The molecule has 3 aromatic rings. The molecule has 0 aliphatic heterocycles. The first-order valence-electron chi connectivity index (χ1n) is 9.03. The van der Waals surface area contributed by atoms with Gasteiger partial charge < -0.3 is 15.6 Å². The maximum Gasteiger partial charge on any atom is 0.142 e. The zero-order valence-corrected chi connectivity index (χ0v) is 15.7. The lowest BCUT2D eigenvalue weighted by Gasteiger charge is -2.14. The number of aryl methyl sites for hydroxylation is 2. The van der Waals surface area contributed by atoms with E-state index in [4.69, 9.17) is 15.6 Å². The number of benzene rings is 1. The molecular formula is C22H19N5O2. The second-order valence-corrected chi connectivity index (χ2v) is 6.25. The first kappa shape index (κ1) is 19.8. The highest BCUT2D eigenvalue weighted by Gasteiger charge is 2.20. The van der Waals surface area contributed by atoms with E-state index >= 15 is 0 Å². The smallest absolute Gasteiger partial charge is 0.142 e. The molecule has 0 unspecified atom stereocenters. The predicted molar refractivity (Wildman–Crippen MR) is 108 cm³/mol. The molecule has 0 amide bonds. The van der Waals surface area contributed by atoms with Crippen LogP contribution in [0.15, 0.2) is 48.8 Å². The predicted octanol–water partition coefficient (Wildman–Crippen LogP) is 2.63. The van der Waals surface area contributed by atoms with Crippen LogP contribution in [0.3, 0.4) is 0 Å². The number of aliphatic hydroxyl groups excluding tert-OH is 1. The van der Waals surface area contributed by atoms with E-state index in [1.807, 2.05) is 12.1 Å². The van der Waals surface area contributed by atoms with Crippen molar-refractivity contribution in [2.45, 2.75) is 12.8 Å². The summed E-state index contributed by atoms with van der Waals surface area (Å²) in [6.45, 7) is 0.104. The highest BCUT2D eigenvalue weighted by molar-refractivity contribution is 5.81. The number of hydrogen-bond donors (Lipinski definition) is 2. The molecule has 29 heavy (non-hydrogen) atoms. The van der Waals surface area contributed by atoms with Gasteiger partial charge in [-0.15, -0.1) is 0 Å². The molecule has 1 aromatic carbocycles. The number of anilines is 1. The van der Waals surface area contributed by atoms with Gasteiger partial charge in [0.05, 0.1) is 17.9 Å². The number of nitrogens with zero attached hydrogens (tertiary/aromatic N) is 4. The molecule has 7 heteroatoms. The average Bonchev–Trinajstić information content (AvgIpc) is 2.76.